The van der Waals surface area contributed by atoms with Gasteiger partial charge in [0, 0.05) is 36.7 Å². The second-order valence-electron chi connectivity index (χ2n) is 9.17. The minimum atomic E-state index is -0.502. The van der Waals surface area contributed by atoms with Crippen LogP contribution >= 0.6 is 0 Å². The van der Waals surface area contributed by atoms with Gasteiger partial charge in [0.1, 0.15) is 0 Å². The highest BCUT2D eigenvalue weighted by Crippen LogP contribution is 2.23. The Morgan fingerprint density at radius 3 is 2.06 bits per heavy atom. The lowest BCUT2D eigenvalue weighted by atomic mass is 10.0. The summed E-state index contributed by atoms with van der Waals surface area (Å²) in [6, 6.07) is 13.4. The van der Waals surface area contributed by atoms with Gasteiger partial charge < -0.3 is 24.1 Å². The monoisotopic (exact) mass is 496 g/mol. The van der Waals surface area contributed by atoms with Crippen LogP contribution in [0.2, 0.25) is 0 Å². The Labute approximate surface area is 214 Å². The molecule has 0 aliphatic rings. The van der Waals surface area contributed by atoms with Gasteiger partial charge in [0.05, 0.1) is 30.4 Å². The lowest BCUT2D eigenvalue weighted by Gasteiger charge is -2.17. The third-order valence-corrected chi connectivity index (χ3v) is 5.62. The van der Waals surface area contributed by atoms with Crippen molar-refractivity contribution in [3.05, 3.63) is 82.9 Å². The van der Waals surface area contributed by atoms with Crippen molar-refractivity contribution in [1.82, 2.24) is 9.55 Å². The Morgan fingerprint density at radius 1 is 0.889 bits per heavy atom. The van der Waals surface area contributed by atoms with E-state index in [1.165, 1.54) is 0 Å². The van der Waals surface area contributed by atoms with Crippen molar-refractivity contribution in [1.29, 1.82) is 0 Å². The maximum absolute atomic E-state index is 12.1. The number of carbonyl (C=O) groups excluding carboxylic acids is 2. The van der Waals surface area contributed by atoms with Gasteiger partial charge in [0.15, 0.2) is 0 Å². The quantitative estimate of drug-likeness (QED) is 0.351. The lowest BCUT2D eigenvalue weighted by molar-refractivity contribution is 0.0515. The maximum atomic E-state index is 12.1. The topological polar surface area (TPSA) is 93.6 Å². The highest BCUT2D eigenvalue weighted by molar-refractivity contribution is 5.91. The number of aromatic amines is 1. The van der Waals surface area contributed by atoms with E-state index in [0.29, 0.717) is 43.2 Å². The molecule has 1 unspecified atom stereocenters. The number of esters is 2. The predicted octanol–water partition coefficient (Wildman–Crippen LogP) is 5.71. The normalized spacial score (nSPS) is 11.7. The molecule has 0 bridgehead atoms. The van der Waals surface area contributed by atoms with E-state index in [1.807, 2.05) is 68.8 Å². The predicted molar refractivity (Wildman–Crippen MR) is 141 cm³/mol. The van der Waals surface area contributed by atoms with Crippen LogP contribution in [0.3, 0.4) is 0 Å². The average Bonchev–Trinajstić information content (AvgIpc) is 3.48. The van der Waals surface area contributed by atoms with Crippen LogP contribution in [0.4, 0.5) is 0 Å². The number of ether oxygens (including phenoxy) is 2. The Hall–Kier alpha value is -3.32. The first kappa shape index (κ1) is 28.9. The highest BCUT2D eigenvalue weighted by Gasteiger charge is 2.21. The maximum Gasteiger partial charge on any atom is 0.339 e. The molecule has 196 valence electrons. The molecule has 7 nitrogen and oxygen atoms in total. The Balaban J connectivity index is 0.000000297. The van der Waals surface area contributed by atoms with Crippen molar-refractivity contribution < 1.29 is 24.2 Å². The summed E-state index contributed by atoms with van der Waals surface area (Å²) in [7, 11) is 0. The molecule has 1 atom stereocenters. The molecule has 1 aromatic carbocycles. The van der Waals surface area contributed by atoms with Crippen LogP contribution in [-0.2, 0) is 22.4 Å². The van der Waals surface area contributed by atoms with E-state index in [1.54, 1.807) is 32.2 Å². The molecule has 0 saturated carbocycles. The molecule has 2 N–H and O–H groups in total. The third kappa shape index (κ3) is 8.12. The van der Waals surface area contributed by atoms with Gasteiger partial charge in [-0.15, -0.1) is 0 Å². The zero-order chi connectivity index (χ0) is 26.7. The Bertz CT molecular complexity index is 1080. The minimum absolute atomic E-state index is 0.174. The third-order valence-electron chi connectivity index (χ3n) is 5.62. The van der Waals surface area contributed by atoms with Crippen LogP contribution in [-0.4, -0.2) is 45.9 Å². The van der Waals surface area contributed by atoms with Gasteiger partial charge in [0.25, 0.3) is 0 Å². The highest BCUT2D eigenvalue weighted by atomic mass is 16.5. The van der Waals surface area contributed by atoms with Crippen LogP contribution in [0.1, 0.15) is 91.0 Å². The summed E-state index contributed by atoms with van der Waals surface area (Å²) in [5.41, 5.74) is 4.20. The smallest absolute Gasteiger partial charge is 0.339 e. The van der Waals surface area contributed by atoms with E-state index in [0.717, 1.165) is 17.0 Å². The number of carbonyl (C=O) groups is 2. The summed E-state index contributed by atoms with van der Waals surface area (Å²) in [6.45, 7) is 13.0. The molecule has 7 heteroatoms. The standard InChI is InChI=1S/C19H25NO3.C10H15NO2/c1-4-23-19(22)17-10-11-20(18(17)14(2)3)13-16(21)12-15-8-6-5-7-9-15;1-4-13-10(12)8-5-6-11-9(8)7(2)3/h5-11,14,16,21H,4,12-13H2,1-3H3;5-7,11H,4H2,1-3H3. The summed E-state index contributed by atoms with van der Waals surface area (Å²) in [6.07, 6.45) is 3.71. The molecule has 0 amide bonds. The minimum Gasteiger partial charge on any atom is -0.462 e. The number of aromatic nitrogens is 2. The number of benzene rings is 1. The second kappa shape index (κ2) is 14.3. The average molecular weight is 497 g/mol. The molecule has 0 radical (unpaired) electrons. The number of aliphatic hydroxyl groups is 1. The van der Waals surface area contributed by atoms with Gasteiger partial charge >= 0.3 is 11.9 Å². The molecule has 36 heavy (non-hydrogen) atoms. The summed E-state index contributed by atoms with van der Waals surface area (Å²) >= 11 is 0. The number of H-pyrrole nitrogens is 1. The van der Waals surface area contributed by atoms with Crippen LogP contribution < -0.4 is 0 Å². The molecular weight excluding hydrogens is 456 g/mol. The largest absolute Gasteiger partial charge is 0.462 e. The van der Waals surface area contributed by atoms with E-state index >= 15 is 0 Å². The molecule has 0 aliphatic heterocycles. The zero-order valence-corrected chi connectivity index (χ0v) is 22.3. The fourth-order valence-electron chi connectivity index (χ4n) is 4.09. The lowest BCUT2D eigenvalue weighted by Crippen LogP contribution is -2.21. The van der Waals surface area contributed by atoms with Gasteiger partial charge in [-0.25, -0.2) is 9.59 Å². The van der Waals surface area contributed by atoms with Gasteiger partial charge in [-0.2, -0.15) is 0 Å². The number of hydrogen-bond acceptors (Lipinski definition) is 5. The SMILES string of the molecule is CCOC(=O)c1cc[nH]c1C(C)C.CCOC(=O)c1ccn(CC(O)Cc2ccccc2)c1C(C)C. The first-order valence-electron chi connectivity index (χ1n) is 12.6. The van der Waals surface area contributed by atoms with Crippen molar-refractivity contribution in [2.45, 2.75) is 72.4 Å². The molecule has 0 spiro atoms. The van der Waals surface area contributed by atoms with E-state index in [4.69, 9.17) is 9.47 Å². The van der Waals surface area contributed by atoms with E-state index in [-0.39, 0.29) is 17.9 Å². The van der Waals surface area contributed by atoms with Crippen molar-refractivity contribution >= 4 is 11.9 Å². The molecular formula is C29H40N2O5. The molecule has 3 aromatic rings. The van der Waals surface area contributed by atoms with Gasteiger partial charge in [-0.1, -0.05) is 58.0 Å². The number of nitrogens with one attached hydrogen (secondary N) is 1. The number of nitrogens with zero attached hydrogens (tertiary/aromatic N) is 1. The summed E-state index contributed by atoms with van der Waals surface area (Å²) in [4.78, 5) is 26.5. The summed E-state index contributed by atoms with van der Waals surface area (Å²) < 4.78 is 12.0. The zero-order valence-electron chi connectivity index (χ0n) is 22.3. The van der Waals surface area contributed by atoms with Gasteiger partial charge in [0.2, 0.25) is 0 Å². The first-order valence-corrected chi connectivity index (χ1v) is 12.6. The van der Waals surface area contributed by atoms with E-state index in [2.05, 4.69) is 4.98 Å². The number of hydrogen-bond donors (Lipinski definition) is 2. The summed E-state index contributed by atoms with van der Waals surface area (Å²) in [5.74, 6) is -0.0531. The molecule has 0 saturated heterocycles. The molecule has 3 rings (SSSR count). The van der Waals surface area contributed by atoms with Gasteiger partial charge in [-0.05, 0) is 43.4 Å². The molecule has 2 aromatic heterocycles. The molecule has 0 aliphatic carbocycles. The van der Waals surface area contributed by atoms with Crippen molar-refractivity contribution in [2.24, 2.45) is 0 Å². The van der Waals surface area contributed by atoms with Crippen LogP contribution in [0.15, 0.2) is 54.9 Å². The number of aliphatic hydroxyl groups excluding tert-OH is 1. The summed E-state index contributed by atoms with van der Waals surface area (Å²) in [5, 5.41) is 10.4. The van der Waals surface area contributed by atoms with E-state index < -0.39 is 6.10 Å². The molecule has 0 fully saturated rings. The van der Waals surface area contributed by atoms with Crippen LogP contribution in [0, 0.1) is 0 Å². The second-order valence-corrected chi connectivity index (χ2v) is 9.17. The fraction of sp³-hybridized carbons (Fsp3) is 0.448. The Morgan fingerprint density at radius 2 is 1.50 bits per heavy atom. The van der Waals surface area contributed by atoms with Crippen molar-refractivity contribution in [3.63, 3.8) is 0 Å². The van der Waals surface area contributed by atoms with Crippen LogP contribution in [0.5, 0.6) is 0 Å². The number of rotatable bonds is 10. The molecule has 2 heterocycles. The Kier molecular flexibility index (Phi) is 11.5. The van der Waals surface area contributed by atoms with Crippen molar-refractivity contribution in [3.8, 4) is 0 Å². The van der Waals surface area contributed by atoms with Crippen LogP contribution in [0.25, 0.3) is 0 Å². The fourth-order valence-corrected chi connectivity index (χ4v) is 4.09. The first-order chi connectivity index (χ1) is 17.2. The van der Waals surface area contributed by atoms with Crippen molar-refractivity contribution in [2.75, 3.05) is 13.2 Å². The van der Waals surface area contributed by atoms with Gasteiger partial charge in [-0.3, -0.25) is 0 Å². The van der Waals surface area contributed by atoms with E-state index in [9.17, 15) is 14.7 Å².